The molecule has 0 fully saturated rings. The maximum atomic E-state index is 4.49. The minimum Gasteiger partial charge on any atom is -0.231 e. The second-order valence-corrected chi connectivity index (χ2v) is 11.7. The Morgan fingerprint density at radius 3 is 2.24 bits per heavy atom. The molecular formula is C18H16INSi. The predicted molar refractivity (Wildman–Crippen MR) is 99.6 cm³/mol. The number of pyridine rings is 1. The molecule has 0 aliphatic heterocycles. The summed E-state index contributed by atoms with van der Waals surface area (Å²) in [5.74, 6) is 9.41. The monoisotopic (exact) mass is 401 g/mol. The average Bonchev–Trinajstić information content (AvgIpc) is 2.43. The molecule has 1 aromatic heterocycles. The van der Waals surface area contributed by atoms with Gasteiger partial charge in [-0.3, -0.25) is 0 Å². The second kappa shape index (κ2) is 6.93. The lowest BCUT2D eigenvalue weighted by molar-refractivity contribution is 1.25. The van der Waals surface area contributed by atoms with Crippen molar-refractivity contribution in [1.29, 1.82) is 0 Å². The smallest absolute Gasteiger partial charge is 0.129 e. The zero-order valence-corrected chi connectivity index (χ0v) is 15.5. The van der Waals surface area contributed by atoms with E-state index in [0.29, 0.717) is 0 Å². The fraction of sp³-hybridized carbons (Fsp3) is 0.167. The molecule has 104 valence electrons. The van der Waals surface area contributed by atoms with Gasteiger partial charge in [-0.1, -0.05) is 43.6 Å². The van der Waals surface area contributed by atoms with E-state index in [1.807, 2.05) is 30.3 Å². The van der Waals surface area contributed by atoms with Crippen LogP contribution in [0.4, 0.5) is 0 Å². The topological polar surface area (TPSA) is 12.9 Å². The van der Waals surface area contributed by atoms with Gasteiger partial charge >= 0.3 is 0 Å². The summed E-state index contributed by atoms with van der Waals surface area (Å²) in [5, 5.41) is 0. The number of hydrogen-bond acceptors (Lipinski definition) is 1. The Kier molecular flexibility index (Phi) is 5.22. The summed E-state index contributed by atoms with van der Waals surface area (Å²) in [6, 6.07) is 13.9. The van der Waals surface area contributed by atoms with Crippen LogP contribution in [0.25, 0.3) is 0 Å². The Balaban J connectivity index is 2.25. The van der Waals surface area contributed by atoms with Gasteiger partial charge in [0.15, 0.2) is 0 Å². The average molecular weight is 401 g/mol. The molecule has 21 heavy (non-hydrogen) atoms. The van der Waals surface area contributed by atoms with E-state index in [2.05, 4.69) is 82.7 Å². The lowest BCUT2D eigenvalue weighted by Crippen LogP contribution is -2.16. The molecule has 0 bridgehead atoms. The van der Waals surface area contributed by atoms with E-state index < -0.39 is 8.07 Å². The van der Waals surface area contributed by atoms with Gasteiger partial charge in [0, 0.05) is 9.13 Å². The number of nitrogens with zero attached hydrogens (tertiary/aromatic N) is 1. The molecule has 0 radical (unpaired) electrons. The molecule has 2 aromatic rings. The molecule has 3 heteroatoms. The highest BCUT2D eigenvalue weighted by molar-refractivity contribution is 14.1. The van der Waals surface area contributed by atoms with Crippen LogP contribution < -0.4 is 0 Å². The summed E-state index contributed by atoms with van der Waals surface area (Å²) in [7, 11) is -1.37. The fourth-order valence-electron chi connectivity index (χ4n) is 1.53. The molecule has 1 nitrogen and oxygen atoms in total. The van der Waals surface area contributed by atoms with E-state index in [1.54, 1.807) is 0 Å². The van der Waals surface area contributed by atoms with E-state index in [-0.39, 0.29) is 0 Å². The normalized spacial score (nSPS) is 10.1. The van der Waals surface area contributed by atoms with Gasteiger partial charge in [-0.15, -0.1) is 5.54 Å². The predicted octanol–water partition coefficient (Wildman–Crippen LogP) is 4.31. The molecule has 0 saturated carbocycles. The number of rotatable bonds is 0. The maximum Gasteiger partial charge on any atom is 0.129 e. The summed E-state index contributed by atoms with van der Waals surface area (Å²) >= 11 is 2.29. The summed E-state index contributed by atoms with van der Waals surface area (Å²) in [6.45, 7) is 6.67. The Labute approximate surface area is 141 Å². The molecular weight excluding hydrogens is 385 g/mol. The Hall–Kier alpha value is -1.56. The van der Waals surface area contributed by atoms with Gasteiger partial charge < -0.3 is 0 Å². The third kappa shape index (κ3) is 5.75. The van der Waals surface area contributed by atoms with Gasteiger partial charge in [0.25, 0.3) is 0 Å². The zero-order chi connectivity index (χ0) is 15.3. The lowest BCUT2D eigenvalue weighted by Gasteiger charge is -2.03. The Morgan fingerprint density at radius 2 is 1.57 bits per heavy atom. The van der Waals surface area contributed by atoms with Crippen LogP contribution in [0.1, 0.15) is 17.0 Å². The summed E-state index contributed by atoms with van der Waals surface area (Å²) in [6.07, 6.45) is 0. The number of aromatic nitrogens is 1. The molecule has 0 saturated heterocycles. The van der Waals surface area contributed by atoms with Gasteiger partial charge in [-0.25, -0.2) is 4.98 Å². The van der Waals surface area contributed by atoms with Crippen molar-refractivity contribution in [2.75, 3.05) is 0 Å². The zero-order valence-electron chi connectivity index (χ0n) is 12.4. The van der Waals surface area contributed by atoms with Crippen molar-refractivity contribution in [2.45, 2.75) is 19.6 Å². The largest absolute Gasteiger partial charge is 0.231 e. The van der Waals surface area contributed by atoms with Crippen molar-refractivity contribution in [2.24, 2.45) is 0 Å². The van der Waals surface area contributed by atoms with Gasteiger partial charge in [0.05, 0.1) is 0 Å². The molecule has 0 atom stereocenters. The van der Waals surface area contributed by atoms with Gasteiger partial charge in [-0.05, 0) is 58.8 Å². The Morgan fingerprint density at radius 1 is 0.905 bits per heavy atom. The number of hydrogen-bond donors (Lipinski definition) is 0. The molecule has 1 aromatic carbocycles. The first-order valence-electron chi connectivity index (χ1n) is 6.70. The summed E-state index contributed by atoms with van der Waals surface area (Å²) in [4.78, 5) is 4.49. The van der Waals surface area contributed by atoms with Crippen molar-refractivity contribution in [1.82, 2.24) is 4.98 Å². The van der Waals surface area contributed by atoms with Crippen molar-refractivity contribution < 1.29 is 0 Å². The SMILES string of the molecule is C[Si](C)(C)C#Cc1cccc(C#Cc2cccc(I)c2)n1. The van der Waals surface area contributed by atoms with Crippen LogP contribution in [0, 0.1) is 26.9 Å². The van der Waals surface area contributed by atoms with Crippen LogP contribution in [0.3, 0.4) is 0 Å². The van der Waals surface area contributed by atoms with E-state index in [0.717, 1.165) is 17.0 Å². The second-order valence-electron chi connectivity index (χ2n) is 5.67. The van der Waals surface area contributed by atoms with Crippen LogP contribution >= 0.6 is 22.6 Å². The molecule has 0 unspecified atom stereocenters. The molecule has 2 rings (SSSR count). The first kappa shape index (κ1) is 15.8. The fourth-order valence-corrected chi connectivity index (χ4v) is 2.57. The van der Waals surface area contributed by atoms with Crippen LogP contribution in [0.15, 0.2) is 42.5 Å². The summed E-state index contributed by atoms with van der Waals surface area (Å²) < 4.78 is 1.18. The van der Waals surface area contributed by atoms with Crippen molar-refractivity contribution in [3.8, 4) is 23.3 Å². The van der Waals surface area contributed by atoms with E-state index in [9.17, 15) is 0 Å². The van der Waals surface area contributed by atoms with Crippen LogP contribution in [-0.2, 0) is 0 Å². The van der Waals surface area contributed by atoms with Gasteiger partial charge in [0.2, 0.25) is 0 Å². The lowest BCUT2D eigenvalue weighted by atomic mass is 10.2. The molecule has 0 spiro atoms. The van der Waals surface area contributed by atoms with Crippen LogP contribution in [0.5, 0.6) is 0 Å². The minimum absolute atomic E-state index is 0.760. The van der Waals surface area contributed by atoms with E-state index in [1.165, 1.54) is 3.57 Å². The summed E-state index contributed by atoms with van der Waals surface area (Å²) in [5.41, 5.74) is 5.88. The van der Waals surface area contributed by atoms with E-state index >= 15 is 0 Å². The highest BCUT2D eigenvalue weighted by atomic mass is 127. The number of benzene rings is 1. The first-order valence-corrected chi connectivity index (χ1v) is 11.3. The number of halogens is 1. The maximum absolute atomic E-state index is 4.49. The van der Waals surface area contributed by atoms with Crippen molar-refractivity contribution in [3.63, 3.8) is 0 Å². The first-order chi connectivity index (χ1) is 9.92. The Bertz CT molecular complexity index is 767. The molecule has 0 amide bonds. The van der Waals surface area contributed by atoms with Gasteiger partial charge in [-0.2, -0.15) is 0 Å². The van der Waals surface area contributed by atoms with Crippen molar-refractivity contribution in [3.05, 3.63) is 63.0 Å². The third-order valence-corrected chi connectivity index (χ3v) is 4.02. The highest BCUT2D eigenvalue weighted by Gasteiger charge is 2.07. The molecule has 0 aliphatic rings. The van der Waals surface area contributed by atoms with E-state index in [4.69, 9.17) is 0 Å². The van der Waals surface area contributed by atoms with Crippen LogP contribution in [0.2, 0.25) is 19.6 Å². The molecule has 1 heterocycles. The minimum atomic E-state index is -1.37. The van der Waals surface area contributed by atoms with Crippen LogP contribution in [-0.4, -0.2) is 13.1 Å². The molecule has 0 aliphatic carbocycles. The molecule has 0 N–H and O–H groups in total. The third-order valence-electron chi connectivity index (χ3n) is 2.47. The quantitative estimate of drug-likeness (QED) is 0.364. The van der Waals surface area contributed by atoms with Crippen molar-refractivity contribution >= 4 is 30.7 Å². The van der Waals surface area contributed by atoms with Gasteiger partial charge in [0.1, 0.15) is 19.5 Å². The standard InChI is InChI=1S/C18H16INSi/c1-21(2,3)13-12-18-9-5-8-17(20-18)11-10-15-6-4-7-16(19)14-15/h4-9,14H,1-3H3. The highest BCUT2D eigenvalue weighted by Crippen LogP contribution is 2.07.